The lowest BCUT2D eigenvalue weighted by Crippen LogP contribution is -2.38. The van der Waals surface area contributed by atoms with Gasteiger partial charge in [-0.25, -0.2) is 0 Å². The van der Waals surface area contributed by atoms with Gasteiger partial charge in [0.15, 0.2) is 0 Å². The molecule has 2 aliphatic heterocycles. The molecule has 3 heterocycles. The number of carbonyl (C=O) groups excluding carboxylic acids is 1. The number of hydrogen-bond acceptors (Lipinski definition) is 10. The van der Waals surface area contributed by atoms with Crippen molar-refractivity contribution in [3.63, 3.8) is 0 Å². The number of benzene rings is 1. The number of morpholine rings is 1. The first-order valence-corrected chi connectivity index (χ1v) is 12.8. The van der Waals surface area contributed by atoms with Crippen LogP contribution in [0.1, 0.15) is 12.5 Å². The van der Waals surface area contributed by atoms with E-state index in [1.54, 1.807) is 10.5 Å². The van der Waals surface area contributed by atoms with Crippen molar-refractivity contribution in [3.8, 4) is 5.75 Å². The summed E-state index contributed by atoms with van der Waals surface area (Å²) in [4.78, 5) is 29.5. The van der Waals surface area contributed by atoms with Crippen molar-refractivity contribution in [2.75, 3.05) is 46.0 Å². The van der Waals surface area contributed by atoms with Gasteiger partial charge in [-0.05, 0) is 48.7 Å². The van der Waals surface area contributed by atoms with Crippen molar-refractivity contribution in [1.82, 2.24) is 19.7 Å². The van der Waals surface area contributed by atoms with E-state index >= 15 is 0 Å². The van der Waals surface area contributed by atoms with Gasteiger partial charge in [-0.1, -0.05) is 6.08 Å². The molecule has 1 aromatic carbocycles. The molecule has 0 saturated carbocycles. The van der Waals surface area contributed by atoms with E-state index in [2.05, 4.69) is 25.5 Å². The van der Waals surface area contributed by atoms with Crippen LogP contribution < -0.4 is 24.9 Å². The van der Waals surface area contributed by atoms with E-state index in [4.69, 9.17) is 9.47 Å². The van der Waals surface area contributed by atoms with Crippen LogP contribution in [0.15, 0.2) is 44.2 Å². The van der Waals surface area contributed by atoms with Crippen LogP contribution in [-0.2, 0) is 9.53 Å². The second kappa shape index (κ2) is 12.3. The molecule has 1 aromatic heterocycles. The number of rotatable bonds is 8. The molecule has 1 fully saturated rings. The fourth-order valence-electron chi connectivity index (χ4n) is 3.44. The first kappa shape index (κ1) is 25.3. The summed E-state index contributed by atoms with van der Waals surface area (Å²) in [5, 5.41) is 8.43. The number of nitrogens with zero attached hydrogens (tertiary/aromatic N) is 4. The number of carbonyl (C=O) groups is 1. The summed E-state index contributed by atoms with van der Waals surface area (Å²) < 4.78 is 14.1. The van der Waals surface area contributed by atoms with Crippen molar-refractivity contribution in [2.24, 2.45) is 10.2 Å². The fourth-order valence-corrected chi connectivity index (χ4v) is 5.22. The van der Waals surface area contributed by atoms with Crippen LogP contribution in [0.2, 0.25) is 0 Å². The van der Waals surface area contributed by atoms with Gasteiger partial charge in [0.2, 0.25) is 5.91 Å². The van der Waals surface area contributed by atoms with Crippen molar-refractivity contribution < 1.29 is 14.3 Å². The van der Waals surface area contributed by atoms with E-state index in [1.165, 1.54) is 36.4 Å². The van der Waals surface area contributed by atoms with Gasteiger partial charge in [0.1, 0.15) is 17.0 Å². The molecule has 186 valence electrons. The number of amides is 1. The molecule has 2 N–H and O–H groups in total. The van der Waals surface area contributed by atoms with Gasteiger partial charge < -0.3 is 14.5 Å². The Morgan fingerprint density at radius 2 is 2.17 bits per heavy atom. The third-order valence-electron chi connectivity index (χ3n) is 5.20. The van der Waals surface area contributed by atoms with Crippen LogP contribution >= 0.6 is 23.3 Å². The zero-order valence-electron chi connectivity index (χ0n) is 19.7. The molecule has 0 spiro atoms. The molecule has 0 bridgehead atoms. The highest BCUT2D eigenvalue weighted by molar-refractivity contribution is 8.01. The minimum absolute atomic E-state index is 0.135. The average molecular weight is 517 g/mol. The van der Waals surface area contributed by atoms with Crippen molar-refractivity contribution in [1.29, 1.82) is 0 Å². The average Bonchev–Trinajstić information content (AvgIpc) is 3.41. The van der Waals surface area contributed by atoms with Crippen molar-refractivity contribution in [2.45, 2.75) is 13.8 Å². The maximum Gasteiger partial charge on any atom is 0.266 e. The summed E-state index contributed by atoms with van der Waals surface area (Å²) in [5.41, 5.74) is 4.21. The molecule has 0 unspecified atom stereocenters. The number of H-pyrrole nitrogens is 1. The summed E-state index contributed by atoms with van der Waals surface area (Å²) >= 11 is 2.67. The zero-order valence-corrected chi connectivity index (χ0v) is 21.3. The van der Waals surface area contributed by atoms with Gasteiger partial charge >= 0.3 is 0 Å². The Bertz CT molecular complexity index is 1280. The summed E-state index contributed by atoms with van der Waals surface area (Å²) in [6.07, 6.45) is 5.28. The largest absolute Gasteiger partial charge is 0.492 e. The Morgan fingerprint density at radius 1 is 1.34 bits per heavy atom. The number of hydrazine groups is 1. The Hall–Kier alpha value is -2.77. The topological polar surface area (TPSA) is 112 Å². The van der Waals surface area contributed by atoms with Crippen LogP contribution in [0.4, 0.5) is 5.69 Å². The maximum atomic E-state index is 12.3. The van der Waals surface area contributed by atoms with E-state index in [1.807, 2.05) is 31.2 Å². The van der Waals surface area contributed by atoms with Crippen molar-refractivity contribution >= 4 is 47.2 Å². The monoisotopic (exact) mass is 516 g/mol. The van der Waals surface area contributed by atoms with Crippen molar-refractivity contribution in [3.05, 3.63) is 54.3 Å². The van der Waals surface area contributed by atoms with Gasteiger partial charge in [0, 0.05) is 38.0 Å². The molecule has 12 heteroatoms. The number of nitrogens with one attached hydrogen (secondary N) is 2. The zero-order chi connectivity index (χ0) is 24.6. The van der Waals surface area contributed by atoms with Crippen LogP contribution in [0.3, 0.4) is 0 Å². The number of aromatic amines is 1. The number of hydrogen-bond donors (Lipinski definition) is 2. The summed E-state index contributed by atoms with van der Waals surface area (Å²) in [7, 11) is 0. The highest BCUT2D eigenvalue weighted by Crippen LogP contribution is 2.26. The predicted molar refractivity (Wildman–Crippen MR) is 138 cm³/mol. The standard InChI is InChI=1S/C23H28N6O4S2/c1-16-13-18(33-12-9-28-7-10-32-11-8-28)3-4-20(16)26-24-15-22-25-23(31)21(34-22)14-19-5-6-29(35-19)27-17(2)30/h3-5,13-15H,6-12H2,1-2H3,(H,25,31)(H,27,30)/b21-14?,22-15-,26-24?. The minimum Gasteiger partial charge on any atom is -0.492 e. The molecule has 4 rings (SSSR count). The van der Waals surface area contributed by atoms with E-state index in [9.17, 15) is 9.59 Å². The quantitative estimate of drug-likeness (QED) is 0.405. The normalized spacial score (nSPS) is 18.4. The molecule has 0 radical (unpaired) electrons. The molecule has 1 saturated heterocycles. The van der Waals surface area contributed by atoms with Gasteiger partial charge in [-0.2, -0.15) is 14.6 Å². The number of aromatic nitrogens is 1. The molecule has 35 heavy (non-hydrogen) atoms. The summed E-state index contributed by atoms with van der Waals surface area (Å²) in [5.74, 6) is 0.669. The lowest BCUT2D eigenvalue weighted by molar-refractivity contribution is -0.121. The smallest absolute Gasteiger partial charge is 0.266 e. The minimum atomic E-state index is -0.189. The second-order valence-corrected chi connectivity index (χ2v) is 10.1. The van der Waals surface area contributed by atoms with Gasteiger partial charge in [-0.3, -0.25) is 19.9 Å². The van der Waals surface area contributed by atoms with Gasteiger partial charge in [0.05, 0.1) is 29.6 Å². The molecule has 0 aliphatic carbocycles. The van der Waals surface area contributed by atoms with E-state index in [0.717, 1.165) is 54.8 Å². The Balaban J connectivity index is 1.34. The number of aryl methyl sites for hydroxylation is 1. The molecule has 2 aromatic rings. The number of thiazole rings is 1. The lowest BCUT2D eigenvalue weighted by Gasteiger charge is -2.26. The maximum absolute atomic E-state index is 12.3. The SMILES string of the molecule is CC(=O)NN1CC=C(C=c2s/c(=C\N=Nc3ccc(OCCN4CCOCC4)cc3C)[nH]c2=O)S1. The third kappa shape index (κ3) is 7.61. The van der Waals surface area contributed by atoms with E-state index < -0.39 is 0 Å². The summed E-state index contributed by atoms with van der Waals surface area (Å²) in [6.45, 7) is 8.95. The molecular formula is C23H28N6O4S2. The number of azo groups is 1. The molecule has 1 amide bonds. The summed E-state index contributed by atoms with van der Waals surface area (Å²) in [6, 6.07) is 5.71. The first-order valence-electron chi connectivity index (χ1n) is 11.2. The Kier molecular flexibility index (Phi) is 8.88. The third-order valence-corrected chi connectivity index (χ3v) is 7.11. The number of ether oxygens (including phenoxy) is 2. The van der Waals surface area contributed by atoms with Crippen LogP contribution in [0.5, 0.6) is 5.75 Å². The van der Waals surface area contributed by atoms with Crippen LogP contribution in [-0.4, -0.2) is 66.2 Å². The Labute approximate surface area is 211 Å². The second-order valence-electron chi connectivity index (χ2n) is 7.95. The van der Waals surface area contributed by atoms with Gasteiger partial charge in [-0.15, -0.1) is 11.3 Å². The molecular weight excluding hydrogens is 488 g/mol. The molecule has 10 nitrogen and oxygen atoms in total. The predicted octanol–water partition coefficient (Wildman–Crippen LogP) is 1.66. The fraction of sp³-hybridized carbons (Fsp3) is 0.391. The van der Waals surface area contributed by atoms with E-state index in [-0.39, 0.29) is 11.5 Å². The number of allylic oxidation sites excluding steroid dienone is 1. The molecule has 0 atom stereocenters. The van der Waals surface area contributed by atoms with Gasteiger partial charge in [0.25, 0.3) is 5.56 Å². The lowest BCUT2D eigenvalue weighted by atomic mass is 10.2. The highest BCUT2D eigenvalue weighted by Gasteiger charge is 2.14. The van der Waals surface area contributed by atoms with E-state index in [0.29, 0.717) is 22.3 Å². The Morgan fingerprint density at radius 3 is 2.94 bits per heavy atom. The van der Waals surface area contributed by atoms with Crippen LogP contribution in [0.25, 0.3) is 12.3 Å². The molecule has 2 aliphatic rings. The highest BCUT2D eigenvalue weighted by atomic mass is 32.2. The first-order chi connectivity index (χ1) is 17.0. The van der Waals surface area contributed by atoms with Crippen LogP contribution in [0, 0.1) is 6.92 Å².